The van der Waals surface area contributed by atoms with Crippen LogP contribution in [0.15, 0.2) is 47.4 Å². The summed E-state index contributed by atoms with van der Waals surface area (Å²) in [7, 11) is -3.81. The number of sulfonamides is 1. The van der Waals surface area contributed by atoms with Gasteiger partial charge in [-0.15, -0.1) is 0 Å². The number of carbonyl (C=O) groups is 1. The van der Waals surface area contributed by atoms with Crippen LogP contribution in [-0.4, -0.2) is 45.4 Å². The van der Waals surface area contributed by atoms with Gasteiger partial charge < -0.3 is 10.2 Å². The topological polar surface area (TPSA) is 78.5 Å². The molecule has 0 aliphatic carbocycles. The molecule has 0 spiro atoms. The number of hydrogen-bond donors (Lipinski definition) is 2. The monoisotopic (exact) mass is 443 g/mol. The minimum atomic E-state index is -3.81. The van der Waals surface area contributed by atoms with Gasteiger partial charge in [0, 0.05) is 24.3 Å². The minimum Gasteiger partial charge on any atom is -0.351 e. The number of anilines is 1. The predicted molar refractivity (Wildman–Crippen MR) is 114 cm³/mol. The first-order chi connectivity index (χ1) is 13.3. The van der Waals surface area contributed by atoms with Crippen LogP contribution in [0.5, 0.6) is 0 Å². The van der Waals surface area contributed by atoms with Gasteiger partial charge in [-0.25, -0.2) is 8.42 Å². The third-order valence-electron chi connectivity index (χ3n) is 4.21. The highest BCUT2D eigenvalue weighted by Gasteiger charge is 2.16. The average molecular weight is 444 g/mol. The molecular formula is C19H23Cl2N3O3S. The van der Waals surface area contributed by atoms with Gasteiger partial charge in [0.05, 0.1) is 14.9 Å². The van der Waals surface area contributed by atoms with Crippen LogP contribution in [0.3, 0.4) is 0 Å². The van der Waals surface area contributed by atoms with Gasteiger partial charge in [0.1, 0.15) is 0 Å². The van der Waals surface area contributed by atoms with E-state index in [1.54, 1.807) is 12.1 Å². The Balaban J connectivity index is 1.99. The molecule has 0 saturated heterocycles. The molecule has 2 aromatic carbocycles. The first-order valence-electron chi connectivity index (χ1n) is 8.85. The van der Waals surface area contributed by atoms with E-state index in [2.05, 4.69) is 28.8 Å². The maximum Gasteiger partial charge on any atom is 0.261 e. The summed E-state index contributed by atoms with van der Waals surface area (Å²) in [5, 5.41) is 3.29. The highest BCUT2D eigenvalue weighted by molar-refractivity contribution is 7.92. The van der Waals surface area contributed by atoms with Gasteiger partial charge in [0.2, 0.25) is 0 Å². The molecule has 0 heterocycles. The smallest absolute Gasteiger partial charge is 0.261 e. The van der Waals surface area contributed by atoms with Gasteiger partial charge in [0.25, 0.3) is 15.9 Å². The lowest BCUT2D eigenvalue weighted by Gasteiger charge is -2.18. The number of nitrogens with zero attached hydrogens (tertiary/aromatic N) is 1. The van der Waals surface area contributed by atoms with Crippen LogP contribution in [0.1, 0.15) is 24.2 Å². The fourth-order valence-electron chi connectivity index (χ4n) is 2.52. The molecule has 0 saturated carbocycles. The molecule has 28 heavy (non-hydrogen) atoms. The second-order valence-corrected chi connectivity index (χ2v) is 8.54. The number of benzene rings is 2. The Labute approximate surface area is 175 Å². The van der Waals surface area contributed by atoms with E-state index in [0.717, 1.165) is 19.6 Å². The van der Waals surface area contributed by atoms with Gasteiger partial charge in [-0.2, -0.15) is 0 Å². The number of rotatable bonds is 9. The molecular weight excluding hydrogens is 421 g/mol. The summed E-state index contributed by atoms with van der Waals surface area (Å²) in [5.74, 6) is -0.203. The highest BCUT2D eigenvalue weighted by Crippen LogP contribution is 2.26. The van der Waals surface area contributed by atoms with Gasteiger partial charge in [-0.3, -0.25) is 9.52 Å². The van der Waals surface area contributed by atoms with Crippen molar-refractivity contribution >= 4 is 44.8 Å². The summed E-state index contributed by atoms with van der Waals surface area (Å²) in [4.78, 5) is 14.4. The van der Waals surface area contributed by atoms with E-state index in [1.807, 2.05) is 0 Å². The Bertz CT molecular complexity index is 915. The Morgan fingerprint density at radius 3 is 2.21 bits per heavy atom. The van der Waals surface area contributed by atoms with E-state index >= 15 is 0 Å². The third kappa shape index (κ3) is 6.10. The standard InChI is InChI=1S/C19H23Cl2N3O3S/c1-3-24(4-2)12-11-22-19(25)14-5-7-15(8-6-14)23-28(26,27)16-9-10-17(20)18(21)13-16/h5-10,13,23H,3-4,11-12H2,1-2H3,(H,22,25). The lowest BCUT2D eigenvalue weighted by molar-refractivity contribution is 0.0949. The minimum absolute atomic E-state index is 0.000113. The number of amides is 1. The number of likely N-dealkylation sites (N-methyl/N-ethyl adjacent to an activating group) is 1. The molecule has 0 bridgehead atoms. The molecule has 0 atom stereocenters. The summed E-state index contributed by atoms with van der Waals surface area (Å²) in [6.07, 6.45) is 0. The van der Waals surface area contributed by atoms with E-state index in [1.165, 1.54) is 30.3 Å². The van der Waals surface area contributed by atoms with Crippen LogP contribution in [-0.2, 0) is 10.0 Å². The maximum atomic E-state index is 12.4. The largest absolute Gasteiger partial charge is 0.351 e. The molecule has 2 aromatic rings. The van der Waals surface area contributed by atoms with Crippen LogP contribution in [0.2, 0.25) is 10.0 Å². The van der Waals surface area contributed by atoms with Crippen LogP contribution in [0, 0.1) is 0 Å². The zero-order valence-electron chi connectivity index (χ0n) is 15.7. The number of nitrogens with one attached hydrogen (secondary N) is 2. The summed E-state index contributed by atoms with van der Waals surface area (Å²) in [5.41, 5.74) is 0.794. The maximum absolute atomic E-state index is 12.4. The van der Waals surface area contributed by atoms with Crippen molar-refractivity contribution in [2.24, 2.45) is 0 Å². The van der Waals surface area contributed by atoms with Crippen molar-refractivity contribution in [2.75, 3.05) is 30.9 Å². The molecule has 2 rings (SSSR count). The SMILES string of the molecule is CCN(CC)CCNC(=O)c1ccc(NS(=O)(=O)c2ccc(Cl)c(Cl)c2)cc1. The molecule has 1 amide bonds. The third-order valence-corrected chi connectivity index (χ3v) is 6.33. The highest BCUT2D eigenvalue weighted by atomic mass is 35.5. The first kappa shape index (κ1) is 22.5. The van der Waals surface area contributed by atoms with Gasteiger partial charge in [-0.1, -0.05) is 37.0 Å². The van der Waals surface area contributed by atoms with E-state index in [4.69, 9.17) is 23.2 Å². The molecule has 0 fully saturated rings. The predicted octanol–water partition coefficient (Wildman–Crippen LogP) is 3.87. The Kier molecular flexibility index (Phi) is 8.12. The normalized spacial score (nSPS) is 11.5. The van der Waals surface area contributed by atoms with E-state index in [0.29, 0.717) is 17.8 Å². The fourth-order valence-corrected chi connectivity index (χ4v) is 3.96. The van der Waals surface area contributed by atoms with E-state index < -0.39 is 10.0 Å². The van der Waals surface area contributed by atoms with Gasteiger partial charge in [0.15, 0.2) is 0 Å². The second kappa shape index (κ2) is 10.1. The zero-order chi connectivity index (χ0) is 20.7. The molecule has 6 nitrogen and oxygen atoms in total. The van der Waals surface area contributed by atoms with Crippen molar-refractivity contribution in [3.8, 4) is 0 Å². The summed E-state index contributed by atoms with van der Waals surface area (Å²) < 4.78 is 27.4. The van der Waals surface area contributed by atoms with Crippen LogP contribution < -0.4 is 10.0 Å². The van der Waals surface area contributed by atoms with Crippen molar-refractivity contribution in [3.63, 3.8) is 0 Å². The molecule has 0 aliphatic rings. The van der Waals surface area contributed by atoms with Crippen molar-refractivity contribution in [3.05, 3.63) is 58.1 Å². The lowest BCUT2D eigenvalue weighted by Crippen LogP contribution is -2.34. The van der Waals surface area contributed by atoms with Crippen molar-refractivity contribution in [2.45, 2.75) is 18.7 Å². The molecule has 9 heteroatoms. The van der Waals surface area contributed by atoms with Crippen LogP contribution in [0.25, 0.3) is 0 Å². The Morgan fingerprint density at radius 2 is 1.64 bits per heavy atom. The van der Waals surface area contributed by atoms with Crippen molar-refractivity contribution in [1.82, 2.24) is 10.2 Å². The zero-order valence-corrected chi connectivity index (χ0v) is 18.0. The quantitative estimate of drug-likeness (QED) is 0.616. The molecule has 2 N–H and O–H groups in total. The summed E-state index contributed by atoms with van der Waals surface area (Å²) in [6.45, 7) is 7.33. The van der Waals surface area contributed by atoms with Crippen molar-refractivity contribution in [1.29, 1.82) is 0 Å². The van der Waals surface area contributed by atoms with Gasteiger partial charge >= 0.3 is 0 Å². The Hall–Kier alpha value is -1.80. The fraction of sp³-hybridized carbons (Fsp3) is 0.316. The number of halogens is 2. The van der Waals surface area contributed by atoms with Gasteiger partial charge in [-0.05, 0) is 55.6 Å². The van der Waals surface area contributed by atoms with Crippen LogP contribution >= 0.6 is 23.2 Å². The summed E-state index contributed by atoms with van der Waals surface area (Å²) in [6, 6.07) is 10.3. The molecule has 152 valence electrons. The molecule has 0 unspecified atom stereocenters. The molecule has 0 aromatic heterocycles. The molecule has 0 radical (unpaired) electrons. The molecule has 0 aliphatic heterocycles. The first-order valence-corrected chi connectivity index (χ1v) is 11.1. The van der Waals surface area contributed by atoms with Crippen molar-refractivity contribution < 1.29 is 13.2 Å². The van der Waals surface area contributed by atoms with E-state index in [-0.39, 0.29) is 20.8 Å². The second-order valence-electron chi connectivity index (χ2n) is 6.04. The number of carbonyl (C=O) groups excluding carboxylic acids is 1. The Morgan fingerprint density at radius 1 is 1.00 bits per heavy atom. The lowest BCUT2D eigenvalue weighted by atomic mass is 10.2. The van der Waals surface area contributed by atoms with E-state index in [9.17, 15) is 13.2 Å². The number of hydrogen-bond acceptors (Lipinski definition) is 4. The van der Waals surface area contributed by atoms with Crippen LogP contribution in [0.4, 0.5) is 5.69 Å². The summed E-state index contributed by atoms with van der Waals surface area (Å²) >= 11 is 11.7. The average Bonchev–Trinajstić information content (AvgIpc) is 2.67.